The van der Waals surface area contributed by atoms with E-state index < -0.39 is 33.3 Å². The Kier molecular flexibility index (Phi) is 5.26. The van der Waals surface area contributed by atoms with Crippen molar-refractivity contribution in [3.05, 3.63) is 29.3 Å². The van der Waals surface area contributed by atoms with Crippen LogP contribution in [0.4, 0.5) is 13.2 Å². The molecule has 1 aromatic carbocycles. The lowest BCUT2D eigenvalue weighted by atomic mass is 10.00. The topological polar surface area (TPSA) is 90.0 Å². The van der Waals surface area contributed by atoms with Gasteiger partial charge in [-0.25, -0.2) is 4.79 Å². The number of hydrogen-bond acceptors (Lipinski definition) is 6. The third kappa shape index (κ3) is 4.21. The Labute approximate surface area is 141 Å². The van der Waals surface area contributed by atoms with Gasteiger partial charge in [-0.1, -0.05) is 6.92 Å². The Hall–Kier alpha value is -2.30. The van der Waals surface area contributed by atoms with Crippen LogP contribution in [0.15, 0.2) is 18.2 Å². The predicted octanol–water partition coefficient (Wildman–Crippen LogP) is 2.17. The molecule has 25 heavy (non-hydrogen) atoms. The van der Waals surface area contributed by atoms with Crippen LogP contribution in [0.3, 0.4) is 0 Å². The number of fused-ring (bicyclic) bond motifs is 1. The van der Waals surface area contributed by atoms with Crippen LogP contribution in [0.1, 0.15) is 35.7 Å². The molecule has 0 unspecified atom stereocenters. The van der Waals surface area contributed by atoms with Crippen LogP contribution in [0.25, 0.3) is 0 Å². The normalized spacial score (nSPS) is 14.9. The van der Waals surface area contributed by atoms with Gasteiger partial charge < -0.3 is 9.02 Å². The monoisotopic (exact) mass is 381 g/mol. The van der Waals surface area contributed by atoms with E-state index in [-0.39, 0.29) is 24.9 Å². The molecule has 0 N–H and O–H groups in total. The van der Waals surface area contributed by atoms with Crippen molar-refractivity contribution in [3.63, 3.8) is 0 Å². The number of benzene rings is 1. The van der Waals surface area contributed by atoms with Crippen LogP contribution in [0.2, 0.25) is 0 Å². The van der Waals surface area contributed by atoms with E-state index in [2.05, 4.69) is 4.18 Å². The summed E-state index contributed by atoms with van der Waals surface area (Å²) in [5, 5.41) is 0.868. The first-order chi connectivity index (χ1) is 11.5. The van der Waals surface area contributed by atoms with Gasteiger partial charge in [0.05, 0.1) is 6.54 Å². The minimum atomic E-state index is -5.79. The molecule has 1 heterocycles. The van der Waals surface area contributed by atoms with Gasteiger partial charge in [-0.2, -0.15) is 26.7 Å². The van der Waals surface area contributed by atoms with E-state index in [1.54, 1.807) is 6.92 Å². The second-order valence-corrected chi connectivity index (χ2v) is 6.71. The highest BCUT2D eigenvalue weighted by atomic mass is 32.2. The number of nitrogens with zero attached hydrogens (tertiary/aromatic N) is 1. The van der Waals surface area contributed by atoms with Crippen molar-refractivity contribution < 1.29 is 40.2 Å². The first kappa shape index (κ1) is 19.0. The molecule has 0 radical (unpaired) electrons. The SMILES string of the molecule is CCCC(=O)ON1CCc2cc(OS(=O)(=O)C(F)(F)F)ccc2C1=O. The van der Waals surface area contributed by atoms with Crippen molar-refractivity contribution in [2.75, 3.05) is 6.54 Å². The standard InChI is InChI=1S/C14H14F3NO6S/c1-2-3-12(19)23-18-7-6-9-8-10(4-5-11(9)13(18)20)24-25(21,22)14(15,16)17/h4-5,8H,2-3,6-7H2,1H3. The third-order valence-corrected chi connectivity index (χ3v) is 4.25. The molecule has 1 aliphatic heterocycles. The molecule has 0 aromatic heterocycles. The van der Waals surface area contributed by atoms with Gasteiger partial charge in [0.15, 0.2) is 0 Å². The van der Waals surface area contributed by atoms with Crippen molar-refractivity contribution in [3.8, 4) is 5.75 Å². The summed E-state index contributed by atoms with van der Waals surface area (Å²) in [5.74, 6) is -1.77. The van der Waals surface area contributed by atoms with E-state index >= 15 is 0 Å². The quantitative estimate of drug-likeness (QED) is 0.574. The molecule has 0 saturated heterocycles. The zero-order chi connectivity index (χ0) is 18.8. The lowest BCUT2D eigenvalue weighted by molar-refractivity contribution is -0.178. The van der Waals surface area contributed by atoms with Gasteiger partial charge in [0, 0.05) is 12.0 Å². The molecule has 2 rings (SSSR count). The molecule has 0 spiro atoms. The first-order valence-electron chi connectivity index (χ1n) is 7.21. The van der Waals surface area contributed by atoms with E-state index in [1.807, 2.05) is 0 Å². The number of alkyl halides is 3. The van der Waals surface area contributed by atoms with Crippen LogP contribution in [-0.2, 0) is 26.2 Å². The fourth-order valence-corrected chi connectivity index (χ4v) is 2.58. The second-order valence-electron chi connectivity index (χ2n) is 5.17. The molecule has 0 bridgehead atoms. The molecule has 1 aliphatic rings. The lowest BCUT2D eigenvalue weighted by Crippen LogP contribution is -2.39. The van der Waals surface area contributed by atoms with Crippen molar-refractivity contribution in [1.82, 2.24) is 5.06 Å². The largest absolute Gasteiger partial charge is 0.534 e. The average Bonchev–Trinajstić information content (AvgIpc) is 2.49. The maximum atomic E-state index is 12.3. The maximum Gasteiger partial charge on any atom is 0.534 e. The first-order valence-corrected chi connectivity index (χ1v) is 8.62. The fraction of sp³-hybridized carbons (Fsp3) is 0.429. The molecule has 0 atom stereocenters. The van der Waals surface area contributed by atoms with Crippen molar-refractivity contribution in [1.29, 1.82) is 0 Å². The van der Waals surface area contributed by atoms with Crippen molar-refractivity contribution >= 4 is 22.0 Å². The summed E-state index contributed by atoms with van der Waals surface area (Å²) >= 11 is 0. The summed E-state index contributed by atoms with van der Waals surface area (Å²) in [6, 6.07) is 3.10. The fourth-order valence-electron chi connectivity index (χ4n) is 2.13. The molecule has 138 valence electrons. The summed E-state index contributed by atoms with van der Waals surface area (Å²) in [6.45, 7) is 1.77. The van der Waals surface area contributed by atoms with E-state index in [0.717, 1.165) is 23.3 Å². The Balaban J connectivity index is 2.18. The molecule has 7 nitrogen and oxygen atoms in total. The van der Waals surface area contributed by atoms with Gasteiger partial charge in [0.25, 0.3) is 5.91 Å². The van der Waals surface area contributed by atoms with Gasteiger partial charge in [-0.3, -0.25) is 4.79 Å². The summed E-state index contributed by atoms with van der Waals surface area (Å²) in [6.07, 6.45) is 0.842. The predicted molar refractivity (Wildman–Crippen MR) is 77.8 cm³/mol. The Morgan fingerprint density at radius 1 is 1.32 bits per heavy atom. The van der Waals surface area contributed by atoms with E-state index in [0.29, 0.717) is 12.0 Å². The summed E-state index contributed by atoms with van der Waals surface area (Å²) in [4.78, 5) is 28.6. The highest BCUT2D eigenvalue weighted by Gasteiger charge is 2.48. The highest BCUT2D eigenvalue weighted by Crippen LogP contribution is 2.29. The number of carbonyl (C=O) groups is 2. The average molecular weight is 381 g/mol. The van der Waals surface area contributed by atoms with Crippen molar-refractivity contribution in [2.45, 2.75) is 31.7 Å². The third-order valence-electron chi connectivity index (χ3n) is 3.27. The number of carbonyl (C=O) groups excluding carboxylic acids is 2. The maximum absolute atomic E-state index is 12.3. The molecule has 0 fully saturated rings. The van der Waals surface area contributed by atoms with Gasteiger partial charge in [0.2, 0.25) is 0 Å². The Bertz CT molecular complexity index is 790. The zero-order valence-electron chi connectivity index (χ0n) is 13.0. The van der Waals surface area contributed by atoms with Gasteiger partial charge in [-0.05, 0) is 36.6 Å². The summed E-state index contributed by atoms with van der Waals surface area (Å²) in [5.41, 5.74) is -5.17. The van der Waals surface area contributed by atoms with Crippen molar-refractivity contribution in [2.24, 2.45) is 0 Å². The minimum Gasteiger partial charge on any atom is -0.376 e. The highest BCUT2D eigenvalue weighted by molar-refractivity contribution is 7.88. The molecule has 1 amide bonds. The number of amides is 1. The van der Waals surface area contributed by atoms with Gasteiger partial charge in [0.1, 0.15) is 5.75 Å². The van der Waals surface area contributed by atoms with Crippen LogP contribution in [0.5, 0.6) is 5.75 Å². The number of rotatable bonds is 5. The zero-order valence-corrected chi connectivity index (χ0v) is 13.8. The molecule has 11 heteroatoms. The lowest BCUT2D eigenvalue weighted by Gasteiger charge is -2.27. The molecule has 0 aliphatic carbocycles. The van der Waals surface area contributed by atoms with Crippen LogP contribution >= 0.6 is 0 Å². The Morgan fingerprint density at radius 3 is 2.60 bits per heavy atom. The number of hydrogen-bond donors (Lipinski definition) is 0. The number of hydroxylamine groups is 2. The van der Waals surface area contributed by atoms with E-state index in [1.165, 1.54) is 0 Å². The van der Waals surface area contributed by atoms with Gasteiger partial charge in [-0.15, -0.1) is 0 Å². The van der Waals surface area contributed by atoms with Gasteiger partial charge >= 0.3 is 21.6 Å². The molecule has 0 saturated carbocycles. The van der Waals surface area contributed by atoms with Crippen LogP contribution in [-0.4, -0.2) is 37.4 Å². The van der Waals surface area contributed by atoms with Crippen LogP contribution in [0, 0.1) is 0 Å². The Morgan fingerprint density at radius 2 is 2.00 bits per heavy atom. The van der Waals surface area contributed by atoms with Crippen LogP contribution < -0.4 is 4.18 Å². The summed E-state index contributed by atoms with van der Waals surface area (Å²) in [7, 11) is -5.79. The molecular formula is C14H14F3NO6S. The second kappa shape index (κ2) is 6.90. The van der Waals surface area contributed by atoms with E-state index in [4.69, 9.17) is 4.84 Å². The van der Waals surface area contributed by atoms with E-state index in [9.17, 15) is 31.2 Å². The molecule has 1 aromatic rings. The smallest absolute Gasteiger partial charge is 0.376 e. The summed E-state index contributed by atoms with van der Waals surface area (Å²) < 4.78 is 63.0. The molecular weight excluding hydrogens is 367 g/mol. The minimum absolute atomic E-state index is 0.00321. The number of halogens is 3.